The fourth-order valence-corrected chi connectivity index (χ4v) is 4.31. The van der Waals surface area contributed by atoms with Crippen LogP contribution in [0.4, 0.5) is 18.9 Å². The minimum absolute atomic E-state index is 0.0554. The van der Waals surface area contributed by atoms with Crippen LogP contribution < -0.4 is 22.1 Å². The lowest BCUT2D eigenvalue weighted by molar-refractivity contribution is -0.137. The molecule has 0 unspecified atom stereocenters. The first-order chi connectivity index (χ1) is 17.6. The average Bonchev–Trinajstić information content (AvgIpc) is 3.36. The first-order valence-electron chi connectivity index (χ1n) is 12.2. The van der Waals surface area contributed by atoms with Gasteiger partial charge >= 0.3 is 6.18 Å². The van der Waals surface area contributed by atoms with Gasteiger partial charge in [0.15, 0.2) is 0 Å². The number of nitrogens with zero attached hydrogens (tertiary/aromatic N) is 1. The Labute approximate surface area is 213 Å². The Morgan fingerprint density at radius 2 is 1.78 bits per heavy atom. The Balaban J connectivity index is 1.68. The van der Waals surface area contributed by atoms with Crippen LogP contribution in [0.25, 0.3) is 0 Å². The summed E-state index contributed by atoms with van der Waals surface area (Å²) < 4.78 is 39.2. The molecule has 11 heteroatoms. The lowest BCUT2D eigenvalue weighted by Crippen LogP contribution is -2.52. The van der Waals surface area contributed by atoms with Gasteiger partial charge in [0.2, 0.25) is 17.7 Å². The molecule has 0 aromatic heterocycles. The molecule has 2 aromatic carbocycles. The van der Waals surface area contributed by atoms with E-state index in [9.17, 15) is 27.6 Å². The number of hydrogen-bond acceptors (Lipinski definition) is 5. The van der Waals surface area contributed by atoms with Crippen LogP contribution in [0.3, 0.4) is 0 Å². The van der Waals surface area contributed by atoms with E-state index >= 15 is 0 Å². The SMILES string of the molecule is NC[C@@H]1CCCN1C(=O)C[C@H](N)C(=O)N[C@@H](CCc1ccccc1)C(=O)Nc1cccc(C(F)(F)F)c1. The number of likely N-dealkylation sites (tertiary alicyclic amines) is 1. The van der Waals surface area contributed by atoms with E-state index in [1.807, 2.05) is 30.3 Å². The largest absolute Gasteiger partial charge is 0.416 e. The van der Waals surface area contributed by atoms with Gasteiger partial charge in [0, 0.05) is 24.8 Å². The third-order valence-electron chi connectivity index (χ3n) is 6.36. The monoisotopic (exact) mass is 519 g/mol. The maximum absolute atomic E-state index is 13.1. The second-order valence-corrected chi connectivity index (χ2v) is 9.08. The van der Waals surface area contributed by atoms with Gasteiger partial charge in [-0.3, -0.25) is 14.4 Å². The summed E-state index contributed by atoms with van der Waals surface area (Å²) in [6.45, 7) is 0.874. The molecular weight excluding hydrogens is 487 g/mol. The van der Waals surface area contributed by atoms with Crippen LogP contribution in [-0.2, 0) is 27.0 Å². The van der Waals surface area contributed by atoms with Crippen molar-refractivity contribution in [1.82, 2.24) is 10.2 Å². The van der Waals surface area contributed by atoms with Gasteiger partial charge < -0.3 is 27.0 Å². The second kappa shape index (κ2) is 12.7. The summed E-state index contributed by atoms with van der Waals surface area (Å²) in [5, 5.41) is 5.03. The number of rotatable bonds is 10. The molecule has 200 valence electrons. The van der Waals surface area contributed by atoms with Crippen LogP contribution in [0, 0.1) is 0 Å². The van der Waals surface area contributed by atoms with E-state index < -0.39 is 35.6 Å². The fourth-order valence-electron chi connectivity index (χ4n) is 4.31. The zero-order valence-electron chi connectivity index (χ0n) is 20.3. The second-order valence-electron chi connectivity index (χ2n) is 9.08. The van der Waals surface area contributed by atoms with Crippen molar-refractivity contribution < 1.29 is 27.6 Å². The van der Waals surface area contributed by atoms with Gasteiger partial charge in [0.05, 0.1) is 18.0 Å². The van der Waals surface area contributed by atoms with Crippen LogP contribution in [0.5, 0.6) is 0 Å². The predicted octanol–water partition coefficient (Wildman–Crippen LogP) is 2.43. The maximum Gasteiger partial charge on any atom is 0.416 e. The number of carbonyl (C=O) groups excluding carboxylic acids is 3. The number of amides is 3. The molecule has 1 fully saturated rings. The molecule has 1 heterocycles. The molecule has 2 aromatic rings. The summed E-state index contributed by atoms with van der Waals surface area (Å²) in [5.74, 6) is -1.68. The van der Waals surface area contributed by atoms with Crippen molar-refractivity contribution in [2.24, 2.45) is 11.5 Å². The van der Waals surface area contributed by atoms with Crippen molar-refractivity contribution in [3.05, 3.63) is 65.7 Å². The van der Waals surface area contributed by atoms with E-state index in [0.29, 0.717) is 19.5 Å². The Morgan fingerprint density at radius 1 is 1.05 bits per heavy atom. The molecule has 0 bridgehead atoms. The molecule has 0 saturated carbocycles. The summed E-state index contributed by atoms with van der Waals surface area (Å²) in [4.78, 5) is 40.2. The topological polar surface area (TPSA) is 131 Å². The van der Waals surface area contributed by atoms with E-state index in [2.05, 4.69) is 10.6 Å². The summed E-state index contributed by atoms with van der Waals surface area (Å²) in [6, 6.07) is 11.1. The number of halogens is 3. The third-order valence-corrected chi connectivity index (χ3v) is 6.36. The predicted molar refractivity (Wildman–Crippen MR) is 133 cm³/mol. The first kappa shape index (κ1) is 28.1. The van der Waals surface area contributed by atoms with Crippen molar-refractivity contribution >= 4 is 23.4 Å². The van der Waals surface area contributed by atoms with Crippen LogP contribution in [-0.4, -0.2) is 53.8 Å². The number of benzene rings is 2. The van der Waals surface area contributed by atoms with E-state index in [1.54, 1.807) is 4.90 Å². The normalized spacial score (nSPS) is 17.2. The number of aryl methyl sites for hydroxylation is 1. The van der Waals surface area contributed by atoms with E-state index in [4.69, 9.17) is 11.5 Å². The summed E-state index contributed by atoms with van der Waals surface area (Å²) in [7, 11) is 0. The highest BCUT2D eigenvalue weighted by molar-refractivity contribution is 5.98. The number of anilines is 1. The Kier molecular flexibility index (Phi) is 9.65. The molecular formula is C26H32F3N5O3. The average molecular weight is 520 g/mol. The molecule has 0 radical (unpaired) electrons. The van der Waals surface area contributed by atoms with Gasteiger partial charge in [-0.15, -0.1) is 0 Å². The number of nitrogens with two attached hydrogens (primary N) is 2. The maximum atomic E-state index is 13.1. The zero-order valence-corrected chi connectivity index (χ0v) is 20.3. The minimum Gasteiger partial charge on any atom is -0.343 e. The number of carbonyl (C=O) groups is 3. The van der Waals surface area contributed by atoms with Crippen molar-refractivity contribution in [1.29, 1.82) is 0 Å². The number of nitrogens with one attached hydrogen (secondary N) is 2. The van der Waals surface area contributed by atoms with Gasteiger partial charge in [-0.05, 0) is 49.4 Å². The van der Waals surface area contributed by atoms with Gasteiger partial charge in [-0.2, -0.15) is 13.2 Å². The lowest BCUT2D eigenvalue weighted by atomic mass is 10.0. The molecule has 0 aliphatic carbocycles. The molecule has 3 rings (SSSR count). The van der Waals surface area contributed by atoms with E-state index in [-0.39, 0.29) is 30.5 Å². The summed E-state index contributed by atoms with van der Waals surface area (Å²) >= 11 is 0. The molecule has 0 spiro atoms. The van der Waals surface area contributed by atoms with Crippen molar-refractivity contribution in [2.45, 2.75) is 56.4 Å². The first-order valence-corrected chi connectivity index (χ1v) is 12.2. The van der Waals surface area contributed by atoms with E-state index in [0.717, 1.165) is 30.5 Å². The molecule has 3 atom stereocenters. The van der Waals surface area contributed by atoms with Gasteiger partial charge in [-0.25, -0.2) is 0 Å². The molecule has 6 N–H and O–H groups in total. The van der Waals surface area contributed by atoms with Crippen LogP contribution >= 0.6 is 0 Å². The third kappa shape index (κ3) is 8.02. The van der Waals surface area contributed by atoms with E-state index in [1.165, 1.54) is 12.1 Å². The minimum atomic E-state index is -4.57. The quantitative estimate of drug-likeness (QED) is 0.383. The standard InChI is InChI=1S/C26H32F3N5O3/c27-26(28,29)18-8-4-9-19(14-18)32-25(37)22(12-11-17-6-2-1-3-7-17)33-24(36)21(31)15-23(35)34-13-5-10-20(34)16-30/h1-4,6-9,14,20-22H,5,10-13,15-16,30-31H2,(H,32,37)(H,33,36)/t20-,21-,22-/m0/s1. The Hall–Kier alpha value is -3.44. The number of alkyl halides is 3. The fraction of sp³-hybridized carbons (Fsp3) is 0.423. The highest BCUT2D eigenvalue weighted by atomic mass is 19.4. The summed E-state index contributed by atoms with van der Waals surface area (Å²) in [5.41, 5.74) is 11.7. The van der Waals surface area contributed by atoms with Crippen molar-refractivity contribution in [2.75, 3.05) is 18.4 Å². The van der Waals surface area contributed by atoms with Gasteiger partial charge in [-0.1, -0.05) is 36.4 Å². The molecule has 1 aliphatic heterocycles. The Bertz CT molecular complexity index is 1080. The zero-order chi connectivity index (χ0) is 27.0. The van der Waals surface area contributed by atoms with Crippen molar-refractivity contribution in [3.63, 3.8) is 0 Å². The van der Waals surface area contributed by atoms with Crippen LogP contribution in [0.1, 0.15) is 36.8 Å². The molecule has 3 amide bonds. The molecule has 1 saturated heterocycles. The smallest absolute Gasteiger partial charge is 0.343 e. The van der Waals surface area contributed by atoms with Crippen LogP contribution in [0.15, 0.2) is 54.6 Å². The molecule has 1 aliphatic rings. The summed E-state index contributed by atoms with van der Waals surface area (Å²) in [6.07, 6.45) is -2.61. The Morgan fingerprint density at radius 3 is 2.46 bits per heavy atom. The highest BCUT2D eigenvalue weighted by Crippen LogP contribution is 2.30. The van der Waals surface area contributed by atoms with Crippen molar-refractivity contribution in [3.8, 4) is 0 Å². The van der Waals surface area contributed by atoms with Crippen LogP contribution in [0.2, 0.25) is 0 Å². The molecule has 8 nitrogen and oxygen atoms in total. The highest BCUT2D eigenvalue weighted by Gasteiger charge is 2.32. The number of hydrogen-bond donors (Lipinski definition) is 4. The van der Waals surface area contributed by atoms with Gasteiger partial charge in [0.25, 0.3) is 0 Å². The van der Waals surface area contributed by atoms with Gasteiger partial charge in [0.1, 0.15) is 6.04 Å². The lowest BCUT2D eigenvalue weighted by Gasteiger charge is -2.25. The molecule has 37 heavy (non-hydrogen) atoms.